The molecule has 1 aromatic carbocycles. The Morgan fingerprint density at radius 3 is 2.33 bits per heavy atom. The third-order valence-corrected chi connectivity index (χ3v) is 4.19. The van der Waals surface area contributed by atoms with Crippen LogP contribution in [0.4, 0.5) is 5.69 Å². The van der Waals surface area contributed by atoms with Crippen molar-refractivity contribution in [3.05, 3.63) is 29.8 Å². The molecule has 0 spiro atoms. The Hall–Kier alpha value is -2.49. The first-order valence-electron chi connectivity index (χ1n) is 8.55. The third kappa shape index (κ3) is 6.63. The summed E-state index contributed by atoms with van der Waals surface area (Å²) in [6, 6.07) is 5.35. The van der Waals surface area contributed by atoms with Crippen LogP contribution in [0, 0.1) is 0 Å². The van der Waals surface area contributed by atoms with Gasteiger partial charge in [0.25, 0.3) is 0 Å². The maximum Gasteiger partial charge on any atom is 0.341 e. The normalized spacial score (nSPS) is 15.3. The molecule has 0 bridgehead atoms. The fraction of sp³-hybridized carbons (Fsp3) is 0.500. The number of ether oxygens (including phenoxy) is 1. The highest BCUT2D eigenvalue weighted by atomic mass is 16.6. The van der Waals surface area contributed by atoms with E-state index < -0.39 is 29.7 Å². The highest BCUT2D eigenvalue weighted by Crippen LogP contribution is 2.19. The Morgan fingerprint density at radius 2 is 1.85 bits per heavy atom. The number of amides is 1. The standard InChI is InChI=1S/C18H26N2O7/c1-3-18(26,11(2)21)17(25)27-10-12-4-6-13(7-5-12)20-15(22)9-8-14(19)16(23)24/h4-7,11,14,21,26H,3,8-10,19H2,1-2H3,(H,20,22)(H,23,24)/t11-,14-,18+/m0/s1. The van der Waals surface area contributed by atoms with Crippen molar-refractivity contribution in [3.63, 3.8) is 0 Å². The monoisotopic (exact) mass is 382 g/mol. The fourth-order valence-corrected chi connectivity index (χ4v) is 2.20. The zero-order valence-electron chi connectivity index (χ0n) is 15.3. The minimum Gasteiger partial charge on any atom is -0.480 e. The summed E-state index contributed by atoms with van der Waals surface area (Å²) >= 11 is 0. The number of nitrogens with two attached hydrogens (primary N) is 1. The van der Waals surface area contributed by atoms with Gasteiger partial charge in [-0.3, -0.25) is 9.59 Å². The Balaban J connectivity index is 2.53. The minimum atomic E-state index is -1.95. The van der Waals surface area contributed by atoms with Gasteiger partial charge in [-0.2, -0.15) is 0 Å². The van der Waals surface area contributed by atoms with E-state index in [-0.39, 0.29) is 31.8 Å². The Morgan fingerprint density at radius 1 is 1.26 bits per heavy atom. The number of hydrogen-bond acceptors (Lipinski definition) is 7. The van der Waals surface area contributed by atoms with Gasteiger partial charge in [-0.25, -0.2) is 4.79 Å². The summed E-state index contributed by atoms with van der Waals surface area (Å²) in [5, 5.41) is 30.9. The van der Waals surface area contributed by atoms with E-state index in [9.17, 15) is 24.6 Å². The molecule has 0 unspecified atom stereocenters. The number of anilines is 1. The molecule has 0 aliphatic rings. The second-order valence-electron chi connectivity index (χ2n) is 6.26. The second-order valence-corrected chi connectivity index (χ2v) is 6.26. The van der Waals surface area contributed by atoms with Crippen molar-refractivity contribution in [2.75, 3.05) is 5.32 Å². The number of aliphatic hydroxyl groups is 2. The molecule has 0 saturated carbocycles. The number of rotatable bonds is 10. The molecular weight excluding hydrogens is 356 g/mol. The average Bonchev–Trinajstić information content (AvgIpc) is 2.64. The van der Waals surface area contributed by atoms with Gasteiger partial charge in [-0.1, -0.05) is 19.1 Å². The van der Waals surface area contributed by atoms with Crippen LogP contribution in [-0.4, -0.2) is 50.9 Å². The molecule has 0 radical (unpaired) electrons. The first kappa shape index (κ1) is 22.6. The number of carboxylic acid groups (broad SMARTS) is 1. The average molecular weight is 382 g/mol. The predicted octanol–water partition coefficient (Wildman–Crippen LogP) is 0.382. The summed E-state index contributed by atoms with van der Waals surface area (Å²) in [4.78, 5) is 34.3. The van der Waals surface area contributed by atoms with E-state index >= 15 is 0 Å². The largest absolute Gasteiger partial charge is 0.480 e. The lowest BCUT2D eigenvalue weighted by Crippen LogP contribution is -2.48. The number of aliphatic carboxylic acids is 1. The molecule has 150 valence electrons. The number of hydrogen-bond donors (Lipinski definition) is 5. The number of carbonyl (C=O) groups is 3. The van der Waals surface area contributed by atoms with Crippen molar-refractivity contribution in [2.24, 2.45) is 5.73 Å². The van der Waals surface area contributed by atoms with Crippen molar-refractivity contribution in [3.8, 4) is 0 Å². The predicted molar refractivity (Wildman–Crippen MR) is 96.6 cm³/mol. The Bertz CT molecular complexity index is 660. The summed E-state index contributed by atoms with van der Waals surface area (Å²) in [6.45, 7) is 2.77. The Kier molecular flexibility index (Phi) is 8.35. The van der Waals surface area contributed by atoms with Gasteiger partial charge in [0.15, 0.2) is 5.60 Å². The van der Waals surface area contributed by atoms with E-state index in [2.05, 4.69) is 5.32 Å². The Labute approximate surface area is 157 Å². The molecule has 6 N–H and O–H groups in total. The van der Waals surface area contributed by atoms with E-state index in [0.29, 0.717) is 11.3 Å². The van der Waals surface area contributed by atoms with Gasteiger partial charge in [0.1, 0.15) is 12.6 Å². The molecule has 27 heavy (non-hydrogen) atoms. The summed E-state index contributed by atoms with van der Waals surface area (Å²) in [7, 11) is 0. The number of benzene rings is 1. The van der Waals surface area contributed by atoms with Crippen molar-refractivity contribution >= 4 is 23.5 Å². The maximum absolute atomic E-state index is 12.0. The lowest BCUT2D eigenvalue weighted by Gasteiger charge is -2.27. The van der Waals surface area contributed by atoms with Gasteiger partial charge in [0.05, 0.1) is 6.10 Å². The van der Waals surface area contributed by atoms with Gasteiger partial charge in [0, 0.05) is 12.1 Å². The molecule has 0 aromatic heterocycles. The maximum atomic E-state index is 12.0. The molecule has 1 amide bonds. The van der Waals surface area contributed by atoms with Crippen molar-refractivity contribution < 1.29 is 34.4 Å². The highest BCUT2D eigenvalue weighted by Gasteiger charge is 2.40. The fourth-order valence-electron chi connectivity index (χ4n) is 2.20. The number of carboxylic acids is 1. The lowest BCUT2D eigenvalue weighted by atomic mass is 9.95. The summed E-state index contributed by atoms with van der Waals surface area (Å²) < 4.78 is 5.05. The SMILES string of the molecule is CC[C@](O)(C(=O)OCc1ccc(NC(=O)CC[C@H](N)C(=O)O)cc1)[C@H](C)O. The molecule has 0 aliphatic heterocycles. The first-order valence-corrected chi connectivity index (χ1v) is 8.55. The number of carbonyl (C=O) groups excluding carboxylic acids is 2. The summed E-state index contributed by atoms with van der Waals surface area (Å²) in [5.41, 5.74) is 4.50. The zero-order chi connectivity index (χ0) is 20.6. The number of esters is 1. The van der Waals surface area contributed by atoms with E-state index in [1.54, 1.807) is 31.2 Å². The van der Waals surface area contributed by atoms with Gasteiger partial charge >= 0.3 is 11.9 Å². The molecule has 0 fully saturated rings. The van der Waals surface area contributed by atoms with Gasteiger partial charge in [-0.15, -0.1) is 0 Å². The highest BCUT2D eigenvalue weighted by molar-refractivity contribution is 5.91. The molecule has 9 nitrogen and oxygen atoms in total. The van der Waals surface area contributed by atoms with Crippen LogP contribution < -0.4 is 11.1 Å². The van der Waals surface area contributed by atoms with E-state index in [0.717, 1.165) is 0 Å². The number of aliphatic hydroxyl groups excluding tert-OH is 1. The quantitative estimate of drug-likeness (QED) is 0.363. The second kappa shape index (κ2) is 10.0. The first-order chi connectivity index (χ1) is 12.6. The topological polar surface area (TPSA) is 159 Å². The van der Waals surface area contributed by atoms with Crippen LogP contribution >= 0.6 is 0 Å². The summed E-state index contributed by atoms with van der Waals surface area (Å²) in [6.07, 6.45) is -1.25. The smallest absolute Gasteiger partial charge is 0.341 e. The van der Waals surface area contributed by atoms with Crippen LogP contribution in [0.3, 0.4) is 0 Å². The molecule has 0 aliphatic carbocycles. The molecule has 1 rings (SSSR count). The van der Waals surface area contributed by atoms with Gasteiger partial charge in [-0.05, 0) is 37.5 Å². The van der Waals surface area contributed by atoms with Crippen LogP contribution in [0.2, 0.25) is 0 Å². The van der Waals surface area contributed by atoms with Crippen molar-refractivity contribution in [2.45, 2.75) is 57.5 Å². The van der Waals surface area contributed by atoms with Gasteiger partial charge < -0.3 is 31.1 Å². The third-order valence-electron chi connectivity index (χ3n) is 4.19. The van der Waals surface area contributed by atoms with Crippen molar-refractivity contribution in [1.29, 1.82) is 0 Å². The molecule has 1 aromatic rings. The molecule has 9 heteroatoms. The zero-order valence-corrected chi connectivity index (χ0v) is 15.3. The van der Waals surface area contributed by atoms with E-state index in [1.165, 1.54) is 6.92 Å². The van der Waals surface area contributed by atoms with E-state index in [1.807, 2.05) is 0 Å². The van der Waals surface area contributed by atoms with Crippen LogP contribution in [0.1, 0.15) is 38.7 Å². The molecule has 0 saturated heterocycles. The van der Waals surface area contributed by atoms with Crippen molar-refractivity contribution in [1.82, 2.24) is 0 Å². The molecular formula is C18H26N2O7. The van der Waals surface area contributed by atoms with Crippen LogP contribution in [0.5, 0.6) is 0 Å². The molecule has 0 heterocycles. The summed E-state index contributed by atoms with van der Waals surface area (Å²) in [5.74, 6) is -2.43. The number of nitrogens with one attached hydrogen (secondary N) is 1. The lowest BCUT2D eigenvalue weighted by molar-refractivity contribution is -0.179. The van der Waals surface area contributed by atoms with Gasteiger partial charge in [0.2, 0.25) is 5.91 Å². The van der Waals surface area contributed by atoms with Crippen LogP contribution in [-0.2, 0) is 25.7 Å². The molecule has 3 atom stereocenters. The minimum absolute atomic E-state index is 0.0139. The van der Waals surface area contributed by atoms with Crippen LogP contribution in [0.15, 0.2) is 24.3 Å². The van der Waals surface area contributed by atoms with Crippen LogP contribution in [0.25, 0.3) is 0 Å². The van der Waals surface area contributed by atoms with E-state index in [4.69, 9.17) is 15.6 Å².